The number of rotatable bonds is 7. The highest BCUT2D eigenvalue weighted by molar-refractivity contribution is 6.18. The lowest BCUT2D eigenvalue weighted by Gasteiger charge is -2.07. The maximum absolute atomic E-state index is 11.0. The van der Waals surface area contributed by atoms with Crippen LogP contribution in [0.25, 0.3) is 0 Å². The molecule has 0 saturated carbocycles. The molecule has 0 spiro atoms. The standard InChI is InChI=1S/C12H15ClO4/c1-2-15-12(14)9-17-11-5-3-10(4-6-11)16-8-7-13/h3-6H,2,7-9H2,1H3. The fourth-order valence-electron chi connectivity index (χ4n) is 1.13. The van der Waals surface area contributed by atoms with Crippen LogP contribution in [0.4, 0.5) is 0 Å². The Hall–Kier alpha value is -1.42. The molecule has 0 fully saturated rings. The van der Waals surface area contributed by atoms with E-state index in [2.05, 4.69) is 0 Å². The van der Waals surface area contributed by atoms with Gasteiger partial charge >= 0.3 is 5.97 Å². The van der Waals surface area contributed by atoms with Gasteiger partial charge < -0.3 is 14.2 Å². The van der Waals surface area contributed by atoms with Crippen molar-refractivity contribution < 1.29 is 19.0 Å². The first-order valence-electron chi connectivity index (χ1n) is 5.33. The van der Waals surface area contributed by atoms with Crippen LogP contribution < -0.4 is 9.47 Å². The third-order valence-corrected chi connectivity index (χ3v) is 1.99. The summed E-state index contributed by atoms with van der Waals surface area (Å²) in [5, 5.41) is 0. The molecule has 0 saturated heterocycles. The lowest BCUT2D eigenvalue weighted by atomic mass is 10.3. The molecular formula is C12H15ClO4. The topological polar surface area (TPSA) is 44.8 Å². The number of esters is 1. The molecule has 0 bridgehead atoms. The third kappa shape index (κ3) is 5.45. The van der Waals surface area contributed by atoms with Crippen molar-refractivity contribution in [3.05, 3.63) is 24.3 Å². The molecule has 4 nitrogen and oxygen atoms in total. The molecule has 1 aromatic rings. The van der Waals surface area contributed by atoms with E-state index in [0.717, 1.165) is 0 Å². The van der Waals surface area contributed by atoms with Gasteiger partial charge in [-0.2, -0.15) is 0 Å². The number of halogens is 1. The number of ether oxygens (including phenoxy) is 3. The predicted molar refractivity (Wildman–Crippen MR) is 64.8 cm³/mol. The second kappa shape index (κ2) is 7.79. The SMILES string of the molecule is CCOC(=O)COc1ccc(OCCCl)cc1. The van der Waals surface area contributed by atoms with Gasteiger partial charge in [0.1, 0.15) is 18.1 Å². The number of carbonyl (C=O) groups excluding carboxylic acids is 1. The zero-order chi connectivity index (χ0) is 12.5. The summed E-state index contributed by atoms with van der Waals surface area (Å²) in [6, 6.07) is 6.96. The first-order chi connectivity index (χ1) is 8.26. The van der Waals surface area contributed by atoms with Crippen molar-refractivity contribution in [3.8, 4) is 11.5 Å². The van der Waals surface area contributed by atoms with E-state index in [4.69, 9.17) is 25.8 Å². The van der Waals surface area contributed by atoms with Crippen LogP contribution in [-0.4, -0.2) is 31.7 Å². The molecule has 94 valence electrons. The van der Waals surface area contributed by atoms with E-state index in [-0.39, 0.29) is 12.6 Å². The Kier molecular flexibility index (Phi) is 6.25. The molecule has 0 aliphatic carbocycles. The average molecular weight is 259 g/mol. The van der Waals surface area contributed by atoms with Crippen LogP contribution in [0, 0.1) is 0 Å². The van der Waals surface area contributed by atoms with Gasteiger partial charge in [-0.25, -0.2) is 4.79 Å². The monoisotopic (exact) mass is 258 g/mol. The van der Waals surface area contributed by atoms with E-state index >= 15 is 0 Å². The highest BCUT2D eigenvalue weighted by Crippen LogP contribution is 2.17. The van der Waals surface area contributed by atoms with Crippen LogP contribution >= 0.6 is 11.6 Å². The Bertz CT molecular complexity index is 337. The molecule has 0 atom stereocenters. The largest absolute Gasteiger partial charge is 0.492 e. The minimum atomic E-state index is -0.380. The molecule has 0 N–H and O–H groups in total. The Morgan fingerprint density at radius 1 is 1.18 bits per heavy atom. The molecule has 0 amide bonds. The lowest BCUT2D eigenvalue weighted by Crippen LogP contribution is -2.14. The third-order valence-electron chi connectivity index (χ3n) is 1.83. The fraction of sp³-hybridized carbons (Fsp3) is 0.417. The summed E-state index contributed by atoms with van der Waals surface area (Å²) in [7, 11) is 0. The summed E-state index contributed by atoms with van der Waals surface area (Å²) in [6.07, 6.45) is 0. The molecule has 0 aromatic heterocycles. The Labute approximate surface area is 105 Å². The van der Waals surface area contributed by atoms with Crippen LogP contribution in [0.15, 0.2) is 24.3 Å². The van der Waals surface area contributed by atoms with Crippen molar-refractivity contribution in [2.24, 2.45) is 0 Å². The van der Waals surface area contributed by atoms with Crippen molar-refractivity contribution in [2.75, 3.05) is 25.7 Å². The molecule has 0 heterocycles. The summed E-state index contributed by atoms with van der Waals surface area (Å²) >= 11 is 5.50. The molecule has 17 heavy (non-hydrogen) atoms. The molecule has 1 rings (SSSR count). The van der Waals surface area contributed by atoms with Gasteiger partial charge in [-0.05, 0) is 31.2 Å². The van der Waals surface area contributed by atoms with Crippen molar-refractivity contribution in [1.29, 1.82) is 0 Å². The fourth-order valence-corrected chi connectivity index (χ4v) is 1.21. The van der Waals surface area contributed by atoms with Gasteiger partial charge in [0.2, 0.25) is 0 Å². The smallest absolute Gasteiger partial charge is 0.344 e. The van der Waals surface area contributed by atoms with Crippen molar-refractivity contribution in [2.45, 2.75) is 6.92 Å². The number of carbonyl (C=O) groups is 1. The normalized spacial score (nSPS) is 9.76. The van der Waals surface area contributed by atoms with Crippen molar-refractivity contribution in [3.63, 3.8) is 0 Å². The van der Waals surface area contributed by atoms with Crippen molar-refractivity contribution in [1.82, 2.24) is 0 Å². The molecule has 0 aliphatic heterocycles. The second-order valence-corrected chi connectivity index (χ2v) is 3.48. The van der Waals surface area contributed by atoms with Gasteiger partial charge in [0.05, 0.1) is 12.5 Å². The van der Waals surface area contributed by atoms with E-state index in [0.29, 0.717) is 30.6 Å². The van der Waals surface area contributed by atoms with E-state index in [1.807, 2.05) is 0 Å². The molecule has 5 heteroatoms. The summed E-state index contributed by atoms with van der Waals surface area (Å²) in [4.78, 5) is 11.0. The average Bonchev–Trinajstić information content (AvgIpc) is 2.35. The van der Waals surface area contributed by atoms with Gasteiger partial charge in [-0.15, -0.1) is 11.6 Å². The number of hydrogen-bond donors (Lipinski definition) is 0. The number of alkyl halides is 1. The van der Waals surface area contributed by atoms with Crippen LogP contribution in [0.5, 0.6) is 11.5 Å². The zero-order valence-corrected chi connectivity index (χ0v) is 10.4. The van der Waals surface area contributed by atoms with E-state index in [1.165, 1.54) is 0 Å². The summed E-state index contributed by atoms with van der Waals surface area (Å²) in [6.45, 7) is 2.48. The summed E-state index contributed by atoms with van der Waals surface area (Å²) in [5.74, 6) is 1.38. The van der Waals surface area contributed by atoms with Gasteiger partial charge in [0.25, 0.3) is 0 Å². The Balaban J connectivity index is 2.37. The first-order valence-corrected chi connectivity index (χ1v) is 5.87. The number of benzene rings is 1. The maximum Gasteiger partial charge on any atom is 0.344 e. The number of hydrogen-bond acceptors (Lipinski definition) is 4. The van der Waals surface area contributed by atoms with Crippen LogP contribution in [0.3, 0.4) is 0 Å². The molecule has 0 radical (unpaired) electrons. The second-order valence-electron chi connectivity index (χ2n) is 3.10. The van der Waals surface area contributed by atoms with Gasteiger partial charge in [-0.3, -0.25) is 0 Å². The van der Waals surface area contributed by atoms with E-state index in [1.54, 1.807) is 31.2 Å². The quantitative estimate of drug-likeness (QED) is 0.556. The Morgan fingerprint density at radius 2 is 1.76 bits per heavy atom. The minimum Gasteiger partial charge on any atom is -0.492 e. The van der Waals surface area contributed by atoms with E-state index in [9.17, 15) is 4.79 Å². The van der Waals surface area contributed by atoms with Crippen LogP contribution in [-0.2, 0) is 9.53 Å². The Morgan fingerprint density at radius 3 is 2.29 bits per heavy atom. The minimum absolute atomic E-state index is 0.0876. The predicted octanol–water partition coefficient (Wildman–Crippen LogP) is 2.25. The van der Waals surface area contributed by atoms with E-state index < -0.39 is 0 Å². The highest BCUT2D eigenvalue weighted by Gasteiger charge is 2.02. The molecule has 1 aromatic carbocycles. The van der Waals surface area contributed by atoms with Crippen molar-refractivity contribution >= 4 is 17.6 Å². The highest BCUT2D eigenvalue weighted by atomic mass is 35.5. The van der Waals surface area contributed by atoms with Gasteiger partial charge in [0, 0.05) is 0 Å². The van der Waals surface area contributed by atoms with Gasteiger partial charge in [-0.1, -0.05) is 0 Å². The van der Waals surface area contributed by atoms with Crippen LogP contribution in [0.1, 0.15) is 6.92 Å². The maximum atomic E-state index is 11.0. The summed E-state index contributed by atoms with van der Waals surface area (Å²) < 4.78 is 15.3. The lowest BCUT2D eigenvalue weighted by molar-refractivity contribution is -0.145. The first kappa shape index (κ1) is 13.6. The summed E-state index contributed by atoms with van der Waals surface area (Å²) in [5.41, 5.74) is 0. The zero-order valence-electron chi connectivity index (χ0n) is 9.65. The molecule has 0 aliphatic rings. The van der Waals surface area contributed by atoms with Gasteiger partial charge in [0.15, 0.2) is 6.61 Å². The van der Waals surface area contributed by atoms with Crippen LogP contribution in [0.2, 0.25) is 0 Å². The molecular weight excluding hydrogens is 244 g/mol. The molecule has 0 unspecified atom stereocenters.